The summed E-state index contributed by atoms with van der Waals surface area (Å²) in [6.07, 6.45) is 3.49. The lowest BCUT2D eigenvalue weighted by molar-refractivity contribution is -0.133. The average Bonchev–Trinajstić information content (AvgIpc) is 2.99. The fraction of sp³-hybridized carbons (Fsp3) is 0.533. The molecule has 1 aromatic rings. The van der Waals surface area contributed by atoms with E-state index in [1.807, 2.05) is 0 Å². The normalized spacial score (nSPS) is 20.8. The summed E-state index contributed by atoms with van der Waals surface area (Å²) in [4.78, 5) is 32.0. The van der Waals surface area contributed by atoms with Crippen molar-refractivity contribution < 1.29 is 19.1 Å². The lowest BCUT2D eigenvalue weighted by Crippen LogP contribution is -2.48. The Labute approximate surface area is 128 Å². The molecule has 2 aliphatic heterocycles. The first kappa shape index (κ1) is 14.8. The fourth-order valence-corrected chi connectivity index (χ4v) is 2.95. The maximum absolute atomic E-state index is 12.6. The molecule has 118 valence electrons. The molecule has 0 aromatic carbocycles. The summed E-state index contributed by atoms with van der Waals surface area (Å²) in [5.41, 5.74) is 0. The van der Waals surface area contributed by atoms with Crippen molar-refractivity contribution in [2.45, 2.75) is 18.9 Å². The minimum Gasteiger partial charge on any atom is -0.480 e. The average molecular weight is 305 g/mol. The van der Waals surface area contributed by atoms with E-state index in [1.54, 1.807) is 30.3 Å². The van der Waals surface area contributed by atoms with Crippen LogP contribution in [0.15, 0.2) is 18.3 Å². The number of carbonyl (C=O) groups is 2. The standard InChI is InChI=1S/C15H19N3O4/c1-21-9-11-4-3-7-17(11)13(19)8-18-14(20)10-22-12-5-2-6-16-15(12)18/h2,5-6,11H,3-4,7-10H2,1H3. The van der Waals surface area contributed by atoms with E-state index in [9.17, 15) is 9.59 Å². The Morgan fingerprint density at radius 2 is 2.41 bits per heavy atom. The van der Waals surface area contributed by atoms with Crippen molar-refractivity contribution in [2.75, 3.05) is 38.3 Å². The van der Waals surface area contributed by atoms with Crippen LogP contribution >= 0.6 is 0 Å². The Kier molecular flexibility index (Phi) is 4.24. The van der Waals surface area contributed by atoms with Gasteiger partial charge in [-0.1, -0.05) is 0 Å². The molecule has 0 bridgehead atoms. The molecule has 0 N–H and O–H groups in total. The first-order chi connectivity index (χ1) is 10.7. The molecule has 22 heavy (non-hydrogen) atoms. The molecular formula is C15H19N3O4. The second-order valence-corrected chi connectivity index (χ2v) is 5.43. The number of ether oxygens (including phenoxy) is 2. The maximum Gasteiger partial charge on any atom is 0.266 e. The largest absolute Gasteiger partial charge is 0.480 e. The van der Waals surface area contributed by atoms with Crippen LogP contribution in [0.4, 0.5) is 5.82 Å². The van der Waals surface area contributed by atoms with E-state index >= 15 is 0 Å². The zero-order valence-corrected chi connectivity index (χ0v) is 12.5. The minimum absolute atomic E-state index is 0.00752. The summed E-state index contributed by atoms with van der Waals surface area (Å²) in [5, 5.41) is 0. The van der Waals surface area contributed by atoms with E-state index in [4.69, 9.17) is 9.47 Å². The monoisotopic (exact) mass is 305 g/mol. The fourth-order valence-electron chi connectivity index (χ4n) is 2.95. The van der Waals surface area contributed by atoms with E-state index in [2.05, 4.69) is 4.98 Å². The third-order valence-electron chi connectivity index (χ3n) is 4.01. The van der Waals surface area contributed by atoms with Gasteiger partial charge < -0.3 is 14.4 Å². The molecule has 1 atom stereocenters. The van der Waals surface area contributed by atoms with Gasteiger partial charge in [-0.15, -0.1) is 0 Å². The number of rotatable bonds is 4. The van der Waals surface area contributed by atoms with Gasteiger partial charge in [-0.3, -0.25) is 14.5 Å². The van der Waals surface area contributed by atoms with Crippen LogP contribution in [0.3, 0.4) is 0 Å². The number of carbonyl (C=O) groups excluding carboxylic acids is 2. The van der Waals surface area contributed by atoms with Gasteiger partial charge in [0, 0.05) is 19.9 Å². The van der Waals surface area contributed by atoms with Gasteiger partial charge in [0.1, 0.15) is 6.54 Å². The van der Waals surface area contributed by atoms with Crippen molar-refractivity contribution in [1.29, 1.82) is 0 Å². The van der Waals surface area contributed by atoms with Gasteiger partial charge in [-0.25, -0.2) is 4.98 Å². The van der Waals surface area contributed by atoms with E-state index < -0.39 is 0 Å². The van der Waals surface area contributed by atoms with Crippen LogP contribution in [0.2, 0.25) is 0 Å². The van der Waals surface area contributed by atoms with Gasteiger partial charge in [0.2, 0.25) is 5.91 Å². The van der Waals surface area contributed by atoms with Crippen LogP contribution in [0, 0.1) is 0 Å². The quantitative estimate of drug-likeness (QED) is 0.807. The minimum atomic E-state index is -0.248. The lowest BCUT2D eigenvalue weighted by Gasteiger charge is -2.30. The second kappa shape index (κ2) is 6.31. The van der Waals surface area contributed by atoms with Crippen molar-refractivity contribution in [3.8, 4) is 5.75 Å². The predicted octanol–water partition coefficient (Wildman–Crippen LogP) is 0.444. The third-order valence-corrected chi connectivity index (χ3v) is 4.01. The van der Waals surface area contributed by atoms with Crippen molar-refractivity contribution in [3.05, 3.63) is 18.3 Å². The van der Waals surface area contributed by atoms with E-state index in [0.29, 0.717) is 24.7 Å². The molecule has 1 aromatic heterocycles. The number of likely N-dealkylation sites (tertiary alicyclic amines) is 1. The molecule has 7 nitrogen and oxygen atoms in total. The number of pyridine rings is 1. The van der Waals surface area contributed by atoms with Crippen LogP contribution in [-0.2, 0) is 14.3 Å². The Morgan fingerprint density at radius 1 is 1.55 bits per heavy atom. The van der Waals surface area contributed by atoms with Crippen molar-refractivity contribution in [2.24, 2.45) is 0 Å². The molecule has 1 fully saturated rings. The van der Waals surface area contributed by atoms with Gasteiger partial charge in [0.15, 0.2) is 18.2 Å². The molecule has 3 heterocycles. The number of methoxy groups -OCH3 is 1. The second-order valence-electron chi connectivity index (χ2n) is 5.43. The van der Waals surface area contributed by atoms with Crippen molar-refractivity contribution in [1.82, 2.24) is 9.88 Å². The Hall–Kier alpha value is -2.15. The Morgan fingerprint density at radius 3 is 3.23 bits per heavy atom. The van der Waals surface area contributed by atoms with Gasteiger partial charge in [-0.05, 0) is 25.0 Å². The van der Waals surface area contributed by atoms with Crippen molar-refractivity contribution >= 4 is 17.6 Å². The summed E-state index contributed by atoms with van der Waals surface area (Å²) in [6, 6.07) is 3.58. The summed E-state index contributed by atoms with van der Waals surface area (Å²) in [6.45, 7) is 1.16. The number of fused-ring (bicyclic) bond motifs is 1. The number of amides is 2. The van der Waals surface area contributed by atoms with Gasteiger partial charge in [0.25, 0.3) is 5.91 Å². The van der Waals surface area contributed by atoms with Gasteiger partial charge >= 0.3 is 0 Å². The molecule has 0 aliphatic carbocycles. The zero-order valence-electron chi connectivity index (χ0n) is 12.5. The van der Waals surface area contributed by atoms with E-state index in [-0.39, 0.29) is 31.0 Å². The third kappa shape index (κ3) is 2.76. The molecule has 0 saturated carbocycles. The molecule has 3 rings (SSSR count). The lowest BCUT2D eigenvalue weighted by atomic mass is 10.2. The highest BCUT2D eigenvalue weighted by Crippen LogP contribution is 2.29. The van der Waals surface area contributed by atoms with Crippen LogP contribution < -0.4 is 9.64 Å². The number of anilines is 1. The molecule has 1 unspecified atom stereocenters. The van der Waals surface area contributed by atoms with Crippen LogP contribution in [0.25, 0.3) is 0 Å². The first-order valence-corrected chi connectivity index (χ1v) is 7.37. The molecular weight excluding hydrogens is 286 g/mol. The smallest absolute Gasteiger partial charge is 0.266 e. The molecule has 7 heteroatoms. The summed E-state index contributed by atoms with van der Waals surface area (Å²) in [7, 11) is 1.63. The van der Waals surface area contributed by atoms with E-state index in [0.717, 1.165) is 12.8 Å². The number of hydrogen-bond donors (Lipinski definition) is 0. The number of nitrogens with zero attached hydrogens (tertiary/aromatic N) is 3. The molecule has 0 spiro atoms. The van der Waals surface area contributed by atoms with Gasteiger partial charge in [0.05, 0.1) is 12.6 Å². The highest BCUT2D eigenvalue weighted by atomic mass is 16.5. The zero-order chi connectivity index (χ0) is 15.5. The van der Waals surface area contributed by atoms with Crippen LogP contribution in [0.1, 0.15) is 12.8 Å². The summed E-state index contributed by atoms with van der Waals surface area (Å²) in [5.74, 6) is 0.618. The maximum atomic E-state index is 12.6. The van der Waals surface area contributed by atoms with Crippen LogP contribution in [0.5, 0.6) is 5.75 Å². The Bertz CT molecular complexity index is 578. The SMILES string of the molecule is COCC1CCCN1C(=O)CN1C(=O)COc2cccnc21. The Balaban J connectivity index is 1.75. The predicted molar refractivity (Wildman–Crippen MR) is 78.7 cm³/mol. The highest BCUT2D eigenvalue weighted by molar-refractivity contribution is 6.01. The number of aromatic nitrogens is 1. The van der Waals surface area contributed by atoms with Crippen molar-refractivity contribution in [3.63, 3.8) is 0 Å². The van der Waals surface area contributed by atoms with Crippen LogP contribution in [-0.4, -0.2) is 61.2 Å². The summed E-state index contributed by atoms with van der Waals surface area (Å²) < 4.78 is 10.5. The highest BCUT2D eigenvalue weighted by Gasteiger charge is 2.33. The molecule has 0 radical (unpaired) electrons. The molecule has 1 saturated heterocycles. The number of hydrogen-bond acceptors (Lipinski definition) is 5. The van der Waals surface area contributed by atoms with Gasteiger partial charge in [-0.2, -0.15) is 0 Å². The molecule has 2 amide bonds. The first-order valence-electron chi connectivity index (χ1n) is 7.37. The summed E-state index contributed by atoms with van der Waals surface area (Å²) >= 11 is 0. The molecule has 2 aliphatic rings. The topological polar surface area (TPSA) is 72.0 Å². The van der Waals surface area contributed by atoms with E-state index in [1.165, 1.54) is 4.90 Å².